The van der Waals surface area contributed by atoms with Crippen LogP contribution in [0.25, 0.3) is 0 Å². The Kier molecular flexibility index (Phi) is 8.06. The van der Waals surface area contributed by atoms with Crippen molar-refractivity contribution < 1.29 is 9.53 Å². The average molecular weight is 376 g/mol. The molecule has 1 aromatic carbocycles. The molecule has 0 spiro atoms. The summed E-state index contributed by atoms with van der Waals surface area (Å²) in [5.41, 5.74) is 1.74. The molecule has 1 saturated heterocycles. The number of nitrogens with one attached hydrogen (secondary N) is 3. The Morgan fingerprint density at radius 3 is 2.44 bits per heavy atom. The molecule has 0 radical (unpaired) electrons. The average Bonchev–Trinajstić information content (AvgIpc) is 2.70. The predicted molar refractivity (Wildman–Crippen MR) is 109 cm³/mol. The molecule has 0 bridgehead atoms. The third-order valence-corrected chi connectivity index (χ3v) is 4.76. The van der Waals surface area contributed by atoms with E-state index in [1.54, 1.807) is 7.05 Å². The van der Waals surface area contributed by atoms with Gasteiger partial charge in [0.05, 0.1) is 19.8 Å². The SMILES string of the molecule is CCNC(=NCc1ccc(C(=O)NC)cc1)NCC(C)(C)N1CCOCC1. The summed E-state index contributed by atoms with van der Waals surface area (Å²) >= 11 is 0. The molecule has 1 heterocycles. The van der Waals surface area contributed by atoms with Crippen LogP contribution in [0, 0.1) is 0 Å². The van der Waals surface area contributed by atoms with Gasteiger partial charge in [-0.25, -0.2) is 4.99 Å². The van der Waals surface area contributed by atoms with E-state index in [-0.39, 0.29) is 11.4 Å². The van der Waals surface area contributed by atoms with Gasteiger partial charge in [0.25, 0.3) is 5.91 Å². The van der Waals surface area contributed by atoms with Crippen molar-refractivity contribution in [2.75, 3.05) is 46.4 Å². The zero-order valence-electron chi connectivity index (χ0n) is 17.0. The highest BCUT2D eigenvalue weighted by molar-refractivity contribution is 5.93. The summed E-state index contributed by atoms with van der Waals surface area (Å²) in [6.07, 6.45) is 0. The smallest absolute Gasteiger partial charge is 0.251 e. The highest BCUT2D eigenvalue weighted by Crippen LogP contribution is 2.15. The molecule has 0 aromatic heterocycles. The first kappa shape index (κ1) is 21.2. The van der Waals surface area contributed by atoms with Crippen LogP contribution in [0.4, 0.5) is 0 Å². The summed E-state index contributed by atoms with van der Waals surface area (Å²) in [5.74, 6) is 0.722. The fraction of sp³-hybridized carbons (Fsp3) is 0.600. The van der Waals surface area contributed by atoms with Gasteiger partial charge in [-0.15, -0.1) is 0 Å². The minimum atomic E-state index is -0.0783. The fourth-order valence-corrected chi connectivity index (χ4v) is 3.00. The molecular formula is C20H33N5O2. The van der Waals surface area contributed by atoms with E-state index in [2.05, 4.69) is 46.6 Å². The Morgan fingerprint density at radius 2 is 1.85 bits per heavy atom. The normalized spacial score (nSPS) is 16.1. The fourth-order valence-electron chi connectivity index (χ4n) is 3.00. The molecule has 0 unspecified atom stereocenters. The van der Waals surface area contributed by atoms with Crippen molar-refractivity contribution in [2.24, 2.45) is 4.99 Å². The number of nitrogens with zero attached hydrogens (tertiary/aromatic N) is 2. The molecule has 1 aromatic rings. The van der Waals surface area contributed by atoms with Crippen LogP contribution in [0.5, 0.6) is 0 Å². The van der Waals surface area contributed by atoms with E-state index >= 15 is 0 Å². The Balaban J connectivity index is 1.94. The number of guanidine groups is 1. The van der Waals surface area contributed by atoms with Crippen LogP contribution in [-0.4, -0.2) is 68.7 Å². The number of carbonyl (C=O) groups is 1. The monoisotopic (exact) mass is 375 g/mol. The second kappa shape index (κ2) is 10.3. The third kappa shape index (κ3) is 6.52. The lowest BCUT2D eigenvalue weighted by atomic mass is 10.0. The molecule has 1 aliphatic heterocycles. The third-order valence-electron chi connectivity index (χ3n) is 4.76. The summed E-state index contributed by atoms with van der Waals surface area (Å²) in [7, 11) is 1.63. The van der Waals surface area contributed by atoms with E-state index in [0.717, 1.165) is 50.9 Å². The first-order valence-electron chi connectivity index (χ1n) is 9.62. The lowest BCUT2D eigenvalue weighted by Crippen LogP contribution is -2.56. The van der Waals surface area contributed by atoms with Crippen molar-refractivity contribution in [3.05, 3.63) is 35.4 Å². The lowest BCUT2D eigenvalue weighted by molar-refractivity contribution is -0.00834. The zero-order chi connectivity index (χ0) is 19.7. The lowest BCUT2D eigenvalue weighted by Gasteiger charge is -2.41. The van der Waals surface area contributed by atoms with E-state index in [0.29, 0.717) is 12.1 Å². The molecule has 1 fully saturated rings. The molecule has 1 amide bonds. The van der Waals surface area contributed by atoms with Crippen molar-refractivity contribution >= 4 is 11.9 Å². The first-order valence-corrected chi connectivity index (χ1v) is 9.62. The molecule has 0 aliphatic carbocycles. The summed E-state index contributed by atoms with van der Waals surface area (Å²) in [6.45, 7) is 12.2. The number of morpholine rings is 1. The molecular weight excluding hydrogens is 342 g/mol. The van der Waals surface area contributed by atoms with Gasteiger partial charge in [0.2, 0.25) is 0 Å². The van der Waals surface area contributed by atoms with Crippen LogP contribution in [-0.2, 0) is 11.3 Å². The van der Waals surface area contributed by atoms with Gasteiger partial charge < -0.3 is 20.7 Å². The second-order valence-electron chi connectivity index (χ2n) is 7.24. The molecule has 3 N–H and O–H groups in total. The van der Waals surface area contributed by atoms with E-state index in [1.807, 2.05) is 24.3 Å². The second-order valence-corrected chi connectivity index (χ2v) is 7.24. The summed E-state index contributed by atoms with van der Waals surface area (Å²) in [6, 6.07) is 7.53. The first-order chi connectivity index (χ1) is 13.0. The number of carbonyl (C=O) groups excluding carboxylic acids is 1. The zero-order valence-corrected chi connectivity index (χ0v) is 17.0. The maximum Gasteiger partial charge on any atom is 0.251 e. The van der Waals surface area contributed by atoms with Crippen LogP contribution in [0.2, 0.25) is 0 Å². The standard InChI is InChI=1S/C20H33N5O2/c1-5-22-19(24-15-20(2,3)25-10-12-27-13-11-25)23-14-16-6-8-17(9-7-16)18(26)21-4/h6-9H,5,10-15H2,1-4H3,(H,21,26)(H2,22,23,24). The van der Waals surface area contributed by atoms with Crippen LogP contribution in [0.15, 0.2) is 29.3 Å². The summed E-state index contributed by atoms with van der Waals surface area (Å²) in [4.78, 5) is 18.7. The highest BCUT2D eigenvalue weighted by atomic mass is 16.5. The largest absolute Gasteiger partial charge is 0.379 e. The Bertz CT molecular complexity index is 622. The van der Waals surface area contributed by atoms with Crippen molar-refractivity contribution in [1.82, 2.24) is 20.9 Å². The minimum absolute atomic E-state index is 0.0230. The molecule has 2 rings (SSSR count). The van der Waals surface area contributed by atoms with Crippen molar-refractivity contribution in [2.45, 2.75) is 32.9 Å². The predicted octanol–water partition coefficient (Wildman–Crippen LogP) is 1.21. The van der Waals surface area contributed by atoms with Crippen molar-refractivity contribution in [3.8, 4) is 0 Å². The number of rotatable bonds is 7. The van der Waals surface area contributed by atoms with Gasteiger partial charge >= 0.3 is 0 Å². The molecule has 0 saturated carbocycles. The summed E-state index contributed by atoms with van der Waals surface area (Å²) < 4.78 is 5.45. The maximum absolute atomic E-state index is 11.6. The number of hydrogen-bond acceptors (Lipinski definition) is 4. The Labute approximate surface area is 162 Å². The van der Waals surface area contributed by atoms with Gasteiger partial charge in [0.1, 0.15) is 0 Å². The van der Waals surface area contributed by atoms with Crippen LogP contribution < -0.4 is 16.0 Å². The number of aliphatic imine (C=N–C) groups is 1. The molecule has 0 atom stereocenters. The number of benzene rings is 1. The topological polar surface area (TPSA) is 78.0 Å². The number of ether oxygens (including phenoxy) is 1. The van der Waals surface area contributed by atoms with Gasteiger partial charge in [0.15, 0.2) is 5.96 Å². The maximum atomic E-state index is 11.6. The van der Waals surface area contributed by atoms with E-state index < -0.39 is 0 Å². The van der Waals surface area contributed by atoms with E-state index in [1.165, 1.54) is 0 Å². The van der Waals surface area contributed by atoms with E-state index in [4.69, 9.17) is 4.74 Å². The van der Waals surface area contributed by atoms with Gasteiger partial charge in [-0.2, -0.15) is 0 Å². The molecule has 7 heteroatoms. The Morgan fingerprint density at radius 1 is 1.19 bits per heavy atom. The highest BCUT2D eigenvalue weighted by Gasteiger charge is 2.28. The number of hydrogen-bond donors (Lipinski definition) is 3. The van der Waals surface area contributed by atoms with Gasteiger partial charge in [-0.3, -0.25) is 9.69 Å². The molecule has 1 aliphatic rings. The van der Waals surface area contributed by atoms with Crippen molar-refractivity contribution in [3.63, 3.8) is 0 Å². The van der Waals surface area contributed by atoms with Crippen molar-refractivity contribution in [1.29, 1.82) is 0 Å². The minimum Gasteiger partial charge on any atom is -0.379 e. The van der Waals surface area contributed by atoms with Crippen LogP contribution in [0.3, 0.4) is 0 Å². The number of amides is 1. The Hall–Kier alpha value is -2.12. The van der Waals surface area contributed by atoms with Gasteiger partial charge in [0, 0.05) is 44.3 Å². The molecule has 7 nitrogen and oxygen atoms in total. The van der Waals surface area contributed by atoms with E-state index in [9.17, 15) is 4.79 Å². The quantitative estimate of drug-likeness (QED) is 0.493. The van der Waals surface area contributed by atoms with Crippen LogP contribution >= 0.6 is 0 Å². The van der Waals surface area contributed by atoms with Gasteiger partial charge in [-0.1, -0.05) is 12.1 Å². The molecule has 27 heavy (non-hydrogen) atoms. The molecule has 150 valence electrons. The van der Waals surface area contributed by atoms with Gasteiger partial charge in [-0.05, 0) is 38.5 Å². The summed E-state index contributed by atoms with van der Waals surface area (Å²) in [5, 5.41) is 9.39. The van der Waals surface area contributed by atoms with Crippen LogP contribution in [0.1, 0.15) is 36.7 Å².